The molecule has 0 heterocycles. The normalized spacial score (nSPS) is 13.6. The molecule has 10 heteroatoms. The summed E-state index contributed by atoms with van der Waals surface area (Å²) < 4.78 is 34.0. The molecule has 0 radical (unpaired) electrons. The van der Waals surface area contributed by atoms with Crippen LogP contribution < -0.4 is 4.89 Å². The summed E-state index contributed by atoms with van der Waals surface area (Å²) in [5.74, 6) is -0.827. The fourth-order valence-corrected chi connectivity index (χ4v) is 7.50. The van der Waals surface area contributed by atoms with E-state index in [9.17, 15) is 19.0 Å². The maximum Gasteiger partial charge on any atom is 0.306 e. The molecule has 0 saturated heterocycles. The van der Waals surface area contributed by atoms with Crippen molar-refractivity contribution in [1.29, 1.82) is 0 Å². The second kappa shape index (κ2) is 40.2. The van der Waals surface area contributed by atoms with Gasteiger partial charge in [0.05, 0.1) is 27.7 Å². The smallest absolute Gasteiger partial charge is 0.306 e. The van der Waals surface area contributed by atoms with Crippen LogP contribution in [0.25, 0.3) is 0 Å². The first-order chi connectivity index (χ1) is 27.5. The first-order valence-electron chi connectivity index (χ1n) is 23.9. The Labute approximate surface area is 352 Å². The summed E-state index contributed by atoms with van der Waals surface area (Å²) in [5, 5.41) is 0. The van der Waals surface area contributed by atoms with E-state index in [4.69, 9.17) is 18.5 Å². The zero-order valence-electron chi connectivity index (χ0n) is 38.1. The van der Waals surface area contributed by atoms with Crippen LogP contribution in [0, 0.1) is 0 Å². The van der Waals surface area contributed by atoms with Gasteiger partial charge in [-0.25, -0.2) is 0 Å². The highest BCUT2D eigenvalue weighted by Crippen LogP contribution is 2.38. The molecule has 0 bridgehead atoms. The Morgan fingerprint density at radius 2 is 0.895 bits per heavy atom. The second-order valence-corrected chi connectivity index (χ2v) is 18.9. The fourth-order valence-electron chi connectivity index (χ4n) is 6.77. The molecule has 9 nitrogen and oxygen atoms in total. The third kappa shape index (κ3) is 44.1. The van der Waals surface area contributed by atoms with E-state index in [1.54, 1.807) is 0 Å². The van der Waals surface area contributed by atoms with Crippen molar-refractivity contribution < 1.29 is 42.1 Å². The Morgan fingerprint density at radius 3 is 1.30 bits per heavy atom. The van der Waals surface area contributed by atoms with Gasteiger partial charge < -0.3 is 27.9 Å². The molecule has 1 unspecified atom stereocenters. The number of hydrogen-bond acceptors (Lipinski definition) is 8. The van der Waals surface area contributed by atoms with Crippen LogP contribution in [-0.2, 0) is 32.7 Å². The maximum atomic E-state index is 12.7. The van der Waals surface area contributed by atoms with E-state index in [1.807, 2.05) is 21.1 Å². The van der Waals surface area contributed by atoms with Gasteiger partial charge >= 0.3 is 11.9 Å². The van der Waals surface area contributed by atoms with Gasteiger partial charge in [0, 0.05) is 12.8 Å². The predicted octanol–water partition coefficient (Wildman–Crippen LogP) is 13.1. The van der Waals surface area contributed by atoms with Gasteiger partial charge in [-0.2, -0.15) is 0 Å². The van der Waals surface area contributed by atoms with Crippen LogP contribution in [0.4, 0.5) is 0 Å². The number of phosphoric ester groups is 1. The zero-order chi connectivity index (χ0) is 42.1. The van der Waals surface area contributed by atoms with Gasteiger partial charge in [-0.3, -0.25) is 14.2 Å². The minimum Gasteiger partial charge on any atom is -0.756 e. The SMILES string of the molecule is CCCCCCCCCC/C=C\CCCCCCCCCC(=O)OC[C@H](COP(=O)([O-])OCC[N+](C)(C)C)OC(=O)CCCCCCCCCCCCCCCC. The molecule has 0 aromatic carbocycles. The number of quaternary nitrogens is 1. The van der Waals surface area contributed by atoms with Crippen LogP contribution in [0.3, 0.4) is 0 Å². The minimum atomic E-state index is -4.62. The molecule has 0 aromatic heterocycles. The Kier molecular flexibility index (Phi) is 39.3. The number of carbonyl (C=O) groups is 2. The van der Waals surface area contributed by atoms with E-state index < -0.39 is 26.5 Å². The highest BCUT2D eigenvalue weighted by Gasteiger charge is 2.21. The van der Waals surface area contributed by atoms with Crippen molar-refractivity contribution in [2.45, 2.75) is 232 Å². The average Bonchev–Trinajstić information content (AvgIpc) is 3.16. The molecular weight excluding hydrogens is 737 g/mol. The molecule has 338 valence electrons. The van der Waals surface area contributed by atoms with Crippen molar-refractivity contribution in [2.75, 3.05) is 47.5 Å². The van der Waals surface area contributed by atoms with Crippen LogP contribution in [-0.4, -0.2) is 70.0 Å². The lowest BCUT2D eigenvalue weighted by Crippen LogP contribution is -2.37. The third-order valence-corrected chi connectivity index (χ3v) is 11.5. The number of esters is 2. The molecule has 0 aliphatic heterocycles. The highest BCUT2D eigenvalue weighted by molar-refractivity contribution is 7.45. The van der Waals surface area contributed by atoms with E-state index >= 15 is 0 Å². The second-order valence-electron chi connectivity index (χ2n) is 17.5. The molecule has 0 saturated carbocycles. The maximum absolute atomic E-state index is 12.7. The van der Waals surface area contributed by atoms with Crippen molar-refractivity contribution >= 4 is 19.8 Å². The number of phosphoric acid groups is 1. The van der Waals surface area contributed by atoms with Gasteiger partial charge in [-0.1, -0.05) is 187 Å². The Balaban J connectivity index is 4.26. The van der Waals surface area contributed by atoms with Gasteiger partial charge in [-0.15, -0.1) is 0 Å². The van der Waals surface area contributed by atoms with Crippen LogP contribution in [0.5, 0.6) is 0 Å². The number of rotatable bonds is 44. The fraction of sp³-hybridized carbons (Fsp3) is 0.915. The quantitative estimate of drug-likeness (QED) is 0.0196. The summed E-state index contributed by atoms with van der Waals surface area (Å²) >= 11 is 0. The Bertz CT molecular complexity index is 985. The summed E-state index contributed by atoms with van der Waals surface area (Å²) in [4.78, 5) is 37.6. The lowest BCUT2D eigenvalue weighted by atomic mass is 10.0. The number of likely N-dealkylation sites (N-methyl/N-ethyl adjacent to an activating group) is 1. The van der Waals surface area contributed by atoms with E-state index in [0.717, 1.165) is 38.5 Å². The number of hydrogen-bond donors (Lipinski definition) is 0. The molecule has 2 atom stereocenters. The topological polar surface area (TPSA) is 111 Å². The monoisotopic (exact) mass is 830 g/mol. The summed E-state index contributed by atoms with van der Waals surface area (Å²) in [6, 6.07) is 0. The van der Waals surface area contributed by atoms with Gasteiger partial charge in [0.25, 0.3) is 7.82 Å². The molecule has 0 amide bonds. The van der Waals surface area contributed by atoms with Gasteiger partial charge in [0.1, 0.15) is 19.8 Å². The van der Waals surface area contributed by atoms with Crippen molar-refractivity contribution in [1.82, 2.24) is 0 Å². The minimum absolute atomic E-state index is 0.0281. The summed E-state index contributed by atoms with van der Waals surface area (Å²) in [6.07, 6.45) is 42.3. The van der Waals surface area contributed by atoms with E-state index in [-0.39, 0.29) is 32.0 Å². The van der Waals surface area contributed by atoms with Gasteiger partial charge in [0.2, 0.25) is 0 Å². The van der Waals surface area contributed by atoms with Crippen LogP contribution >= 0.6 is 7.82 Å². The van der Waals surface area contributed by atoms with Crippen LogP contribution in [0.2, 0.25) is 0 Å². The van der Waals surface area contributed by atoms with Crippen molar-refractivity contribution in [2.24, 2.45) is 0 Å². The predicted molar refractivity (Wildman–Crippen MR) is 236 cm³/mol. The number of unbranched alkanes of at least 4 members (excludes halogenated alkanes) is 28. The highest BCUT2D eigenvalue weighted by atomic mass is 31.2. The first kappa shape index (κ1) is 55.8. The van der Waals surface area contributed by atoms with Crippen molar-refractivity contribution in [3.8, 4) is 0 Å². The molecule has 0 fully saturated rings. The Morgan fingerprint density at radius 1 is 0.526 bits per heavy atom. The standard InChI is InChI=1S/C47H92NO8P/c1-6-8-10-12-14-16-18-20-22-23-24-25-26-28-29-31-33-35-37-39-46(49)53-43-45(44-55-57(51,52)54-42-41-48(3,4)5)56-47(50)40-38-36-34-32-30-27-21-19-17-15-13-11-9-7-2/h23-24,45H,6-22,25-44H2,1-5H3/b24-23-/t45-/m1/s1. The largest absolute Gasteiger partial charge is 0.756 e. The number of ether oxygens (including phenoxy) is 2. The zero-order valence-corrected chi connectivity index (χ0v) is 38.9. The summed E-state index contributed by atoms with van der Waals surface area (Å²) in [6.45, 7) is 4.25. The van der Waals surface area contributed by atoms with Crippen LogP contribution in [0.1, 0.15) is 226 Å². The molecule has 57 heavy (non-hydrogen) atoms. The van der Waals surface area contributed by atoms with E-state index in [1.165, 1.54) is 154 Å². The molecule has 0 aromatic rings. The molecule has 0 aliphatic rings. The molecule has 0 N–H and O–H groups in total. The number of nitrogens with zero attached hydrogens (tertiary/aromatic N) is 1. The van der Waals surface area contributed by atoms with Gasteiger partial charge in [-0.05, 0) is 38.5 Å². The molecule has 0 spiro atoms. The molecule has 0 aliphatic carbocycles. The average molecular weight is 830 g/mol. The lowest BCUT2D eigenvalue weighted by Gasteiger charge is -2.28. The van der Waals surface area contributed by atoms with Crippen molar-refractivity contribution in [3.05, 3.63) is 12.2 Å². The summed E-state index contributed by atoms with van der Waals surface area (Å²) in [7, 11) is 1.17. The first-order valence-corrected chi connectivity index (χ1v) is 25.4. The number of carbonyl (C=O) groups excluding carboxylic acids is 2. The van der Waals surface area contributed by atoms with Crippen molar-refractivity contribution in [3.63, 3.8) is 0 Å². The molecular formula is C47H92NO8P. The Hall–Kier alpha value is -1.25. The summed E-state index contributed by atoms with van der Waals surface area (Å²) in [5.41, 5.74) is 0. The number of allylic oxidation sites excluding steroid dienone is 2. The third-order valence-electron chi connectivity index (χ3n) is 10.5. The van der Waals surface area contributed by atoms with E-state index in [2.05, 4.69) is 26.0 Å². The van der Waals surface area contributed by atoms with E-state index in [0.29, 0.717) is 17.4 Å². The molecule has 0 rings (SSSR count). The van der Waals surface area contributed by atoms with Crippen LogP contribution in [0.15, 0.2) is 12.2 Å². The lowest BCUT2D eigenvalue weighted by molar-refractivity contribution is -0.870. The van der Waals surface area contributed by atoms with Gasteiger partial charge in [0.15, 0.2) is 6.10 Å².